The molecule has 2 heterocycles. The summed E-state index contributed by atoms with van der Waals surface area (Å²) in [5.74, 6) is 1.08. The van der Waals surface area contributed by atoms with Crippen molar-refractivity contribution in [3.63, 3.8) is 0 Å². The molecule has 4 nitrogen and oxygen atoms in total. The van der Waals surface area contributed by atoms with Gasteiger partial charge in [0.1, 0.15) is 0 Å². The van der Waals surface area contributed by atoms with Crippen molar-refractivity contribution in [1.29, 1.82) is 0 Å². The van der Waals surface area contributed by atoms with E-state index >= 15 is 0 Å². The van der Waals surface area contributed by atoms with Crippen LogP contribution in [0.3, 0.4) is 0 Å². The molecule has 2 aromatic heterocycles. The van der Waals surface area contributed by atoms with Gasteiger partial charge in [0.25, 0.3) is 0 Å². The van der Waals surface area contributed by atoms with Crippen LogP contribution in [-0.4, -0.2) is 19.5 Å². The number of rotatable bonds is 7. The van der Waals surface area contributed by atoms with Gasteiger partial charge in [0.2, 0.25) is 0 Å². The molecule has 0 aliphatic carbocycles. The van der Waals surface area contributed by atoms with Gasteiger partial charge in [-0.1, -0.05) is 158 Å². The highest BCUT2D eigenvalue weighted by molar-refractivity contribution is 6.11. The minimum atomic E-state index is -4.60. The van der Waals surface area contributed by atoms with Crippen LogP contribution in [0.25, 0.3) is 95.0 Å². The number of halogens is 3. The van der Waals surface area contributed by atoms with E-state index in [9.17, 15) is 13.2 Å². The van der Waals surface area contributed by atoms with Gasteiger partial charge >= 0.3 is 6.18 Å². The highest BCUT2D eigenvalue weighted by Crippen LogP contribution is 2.43. The third-order valence-electron chi connectivity index (χ3n) is 10.7. The highest BCUT2D eigenvalue weighted by Gasteiger charge is 2.34. The Bertz CT molecular complexity index is 2970. The lowest BCUT2D eigenvalue weighted by Crippen LogP contribution is -2.08. The van der Waals surface area contributed by atoms with Gasteiger partial charge in [0, 0.05) is 33.2 Å². The van der Waals surface area contributed by atoms with Crippen molar-refractivity contribution in [2.75, 3.05) is 0 Å². The van der Waals surface area contributed by atoms with E-state index in [1.165, 1.54) is 12.1 Å². The standard InChI is InChI=1S/C52H33F3N4/c53-52(54,55)46-24-14-13-23-42(46)41-28-27-40(33-45(41)51-57-49(36-19-9-3-10-20-36)56-50(58-51)37-21-11-4-12-22-37)59-47-29-25-38(34-15-5-1-6-16-34)31-43(47)44-32-39(26-30-48(44)59)35-17-7-2-8-18-35/h1-33H. The van der Waals surface area contributed by atoms with E-state index in [2.05, 4.69) is 65.2 Å². The average molecular weight is 771 g/mol. The Hall–Kier alpha value is -7.64. The first-order valence-electron chi connectivity index (χ1n) is 19.3. The van der Waals surface area contributed by atoms with Crippen LogP contribution in [-0.2, 0) is 6.18 Å². The second-order valence-electron chi connectivity index (χ2n) is 14.3. The smallest absolute Gasteiger partial charge is 0.309 e. The zero-order valence-electron chi connectivity index (χ0n) is 31.5. The monoisotopic (exact) mass is 770 g/mol. The molecule has 59 heavy (non-hydrogen) atoms. The summed E-state index contributed by atoms with van der Waals surface area (Å²) in [5, 5.41) is 2.09. The van der Waals surface area contributed by atoms with Gasteiger partial charge in [-0.15, -0.1) is 0 Å². The molecule has 0 atom stereocenters. The van der Waals surface area contributed by atoms with E-state index in [1.807, 2.05) is 109 Å². The average Bonchev–Trinajstić information content (AvgIpc) is 3.62. The fraction of sp³-hybridized carbons (Fsp3) is 0.0192. The van der Waals surface area contributed by atoms with Crippen molar-refractivity contribution in [2.24, 2.45) is 0 Å². The number of nitrogens with zero attached hydrogens (tertiary/aromatic N) is 4. The Morgan fingerprint density at radius 1 is 0.339 bits per heavy atom. The van der Waals surface area contributed by atoms with Crippen LogP contribution in [0.2, 0.25) is 0 Å². The van der Waals surface area contributed by atoms with Crippen molar-refractivity contribution in [2.45, 2.75) is 6.18 Å². The van der Waals surface area contributed by atoms with E-state index in [4.69, 9.17) is 15.0 Å². The number of benzene rings is 8. The molecule has 0 bridgehead atoms. The van der Waals surface area contributed by atoms with Gasteiger partial charge < -0.3 is 4.57 Å². The highest BCUT2D eigenvalue weighted by atomic mass is 19.4. The largest absolute Gasteiger partial charge is 0.417 e. The van der Waals surface area contributed by atoms with Crippen LogP contribution >= 0.6 is 0 Å². The van der Waals surface area contributed by atoms with Gasteiger partial charge in [-0.05, 0) is 75.8 Å². The molecular weight excluding hydrogens is 738 g/mol. The normalized spacial score (nSPS) is 11.6. The maximum Gasteiger partial charge on any atom is 0.417 e. The number of hydrogen-bond donors (Lipinski definition) is 0. The molecule has 0 aliphatic rings. The first-order chi connectivity index (χ1) is 28.9. The first kappa shape index (κ1) is 35.8. The predicted octanol–water partition coefficient (Wildman–Crippen LogP) is 14.0. The van der Waals surface area contributed by atoms with E-state index in [0.29, 0.717) is 22.8 Å². The molecule has 0 radical (unpaired) electrons. The van der Waals surface area contributed by atoms with Crippen LogP contribution in [0, 0.1) is 0 Å². The Morgan fingerprint density at radius 2 is 0.780 bits per heavy atom. The van der Waals surface area contributed by atoms with Crippen molar-refractivity contribution in [3.05, 3.63) is 206 Å². The molecule has 7 heteroatoms. The molecule has 0 unspecified atom stereocenters. The van der Waals surface area contributed by atoms with Crippen LogP contribution < -0.4 is 0 Å². The summed E-state index contributed by atoms with van der Waals surface area (Å²) in [6.45, 7) is 0. The maximum absolute atomic E-state index is 14.8. The third-order valence-corrected chi connectivity index (χ3v) is 10.7. The Balaban J connectivity index is 1.26. The summed E-state index contributed by atoms with van der Waals surface area (Å²) in [7, 11) is 0. The van der Waals surface area contributed by atoms with E-state index < -0.39 is 11.7 Å². The zero-order chi connectivity index (χ0) is 39.9. The summed E-state index contributed by atoms with van der Waals surface area (Å²) < 4.78 is 46.4. The summed E-state index contributed by atoms with van der Waals surface area (Å²) in [5.41, 5.74) is 8.59. The van der Waals surface area contributed by atoms with Crippen molar-refractivity contribution in [1.82, 2.24) is 19.5 Å². The second-order valence-corrected chi connectivity index (χ2v) is 14.3. The second kappa shape index (κ2) is 14.7. The molecule has 0 saturated heterocycles. The molecule has 10 rings (SSSR count). The zero-order valence-corrected chi connectivity index (χ0v) is 31.5. The lowest BCUT2D eigenvalue weighted by Gasteiger charge is -2.18. The van der Waals surface area contributed by atoms with Crippen LogP contribution in [0.5, 0.6) is 0 Å². The van der Waals surface area contributed by atoms with Gasteiger partial charge in [0.05, 0.1) is 16.6 Å². The Kier molecular flexibility index (Phi) is 8.91. The van der Waals surface area contributed by atoms with Crippen molar-refractivity contribution in [3.8, 4) is 73.2 Å². The first-order valence-corrected chi connectivity index (χ1v) is 19.3. The molecule has 0 saturated carbocycles. The van der Waals surface area contributed by atoms with Gasteiger partial charge in [-0.3, -0.25) is 0 Å². The quantitative estimate of drug-likeness (QED) is 0.162. The molecule has 0 fully saturated rings. The Labute approximate surface area is 338 Å². The van der Waals surface area contributed by atoms with Gasteiger partial charge in [-0.2, -0.15) is 13.2 Å². The number of aromatic nitrogens is 4. The lowest BCUT2D eigenvalue weighted by atomic mass is 9.94. The summed E-state index contributed by atoms with van der Waals surface area (Å²) in [6, 6.07) is 63.8. The van der Waals surface area contributed by atoms with Crippen LogP contribution in [0.15, 0.2) is 200 Å². The van der Waals surface area contributed by atoms with E-state index in [-0.39, 0.29) is 11.4 Å². The SMILES string of the molecule is FC(F)(F)c1ccccc1-c1ccc(-n2c3ccc(-c4ccccc4)cc3c3cc(-c4ccccc4)ccc32)cc1-c1nc(-c2ccccc2)nc(-c2ccccc2)n1. The minimum Gasteiger partial charge on any atom is -0.309 e. The minimum absolute atomic E-state index is 0.0340. The molecule has 282 valence electrons. The van der Waals surface area contributed by atoms with Crippen molar-refractivity contribution >= 4 is 21.8 Å². The van der Waals surface area contributed by atoms with Crippen LogP contribution in [0.1, 0.15) is 5.56 Å². The molecule has 0 aliphatic heterocycles. The molecule has 10 aromatic rings. The number of fused-ring (bicyclic) bond motifs is 3. The molecule has 8 aromatic carbocycles. The Morgan fingerprint density at radius 3 is 1.27 bits per heavy atom. The fourth-order valence-electron chi connectivity index (χ4n) is 7.91. The van der Waals surface area contributed by atoms with E-state index in [1.54, 1.807) is 12.1 Å². The summed E-state index contributed by atoms with van der Waals surface area (Å²) >= 11 is 0. The number of hydrogen-bond acceptors (Lipinski definition) is 3. The molecule has 0 amide bonds. The summed E-state index contributed by atoms with van der Waals surface area (Å²) in [4.78, 5) is 14.9. The molecule has 0 spiro atoms. The fourth-order valence-corrected chi connectivity index (χ4v) is 7.91. The summed E-state index contributed by atoms with van der Waals surface area (Å²) in [6.07, 6.45) is -4.60. The van der Waals surface area contributed by atoms with Gasteiger partial charge in [0.15, 0.2) is 17.5 Å². The lowest BCUT2D eigenvalue weighted by molar-refractivity contribution is -0.137. The van der Waals surface area contributed by atoms with E-state index in [0.717, 1.165) is 66.9 Å². The van der Waals surface area contributed by atoms with Crippen molar-refractivity contribution < 1.29 is 13.2 Å². The molecular formula is C52H33F3N4. The van der Waals surface area contributed by atoms with Crippen LogP contribution in [0.4, 0.5) is 13.2 Å². The third kappa shape index (κ3) is 6.72. The maximum atomic E-state index is 14.8. The molecule has 0 N–H and O–H groups in total. The predicted molar refractivity (Wildman–Crippen MR) is 232 cm³/mol. The van der Waals surface area contributed by atoms with Gasteiger partial charge in [-0.25, -0.2) is 15.0 Å². The topological polar surface area (TPSA) is 43.6 Å². The number of alkyl halides is 3.